The molecule has 1 rings (SSSR count). The minimum Gasteiger partial charge on any atom is -0.379 e. The number of hydrogen-bond donors (Lipinski definition) is 2. The van der Waals surface area contributed by atoms with Crippen LogP contribution in [0, 0.1) is 17.5 Å². The predicted octanol–water partition coefficient (Wildman–Crippen LogP) is 5.41. The van der Waals surface area contributed by atoms with Crippen molar-refractivity contribution < 1.29 is 65.4 Å². The van der Waals surface area contributed by atoms with Gasteiger partial charge in [0.15, 0.2) is 11.6 Å². The van der Waals surface area contributed by atoms with Gasteiger partial charge in [-0.25, -0.2) is 13.2 Å². The summed E-state index contributed by atoms with van der Waals surface area (Å²) < 4.78 is 85.3. The van der Waals surface area contributed by atoms with Crippen LogP contribution in [0.25, 0.3) is 0 Å². The van der Waals surface area contributed by atoms with E-state index in [4.69, 9.17) is 61.1 Å². The first kappa shape index (κ1) is 56.7. The molecule has 0 aliphatic carbocycles. The van der Waals surface area contributed by atoms with Crippen LogP contribution in [-0.2, 0) is 58.7 Å². The third kappa shape index (κ3) is 30.6. The highest BCUT2D eigenvalue weighted by molar-refractivity contribution is 6.33. The third-order valence-corrected chi connectivity index (χ3v) is 8.57. The maximum absolute atomic E-state index is 14.3. The van der Waals surface area contributed by atoms with Gasteiger partial charge in [-0.1, -0.05) is 48.5 Å². The van der Waals surface area contributed by atoms with Gasteiger partial charge in [0.2, 0.25) is 17.7 Å². The monoisotopic (exact) mass is 925 g/mol. The number of ether oxygens (including phenoxy) is 8. The number of hydrogen-bond acceptors (Lipinski definition) is 11. The summed E-state index contributed by atoms with van der Waals surface area (Å²) in [5, 5.41) is 6.10. The van der Waals surface area contributed by atoms with Crippen molar-refractivity contribution in [1.29, 1.82) is 0 Å². The number of nitrogens with zero attached hydrogens (tertiary/aromatic N) is 1. The molecule has 0 aliphatic heterocycles. The first-order valence-electron chi connectivity index (χ1n) is 20.3. The van der Waals surface area contributed by atoms with E-state index in [9.17, 15) is 27.6 Å². The number of nitrogens with one attached hydrogen (secondary N) is 2. The molecular formula is C43H64Cl2F3N3O11. The van der Waals surface area contributed by atoms with Crippen molar-refractivity contribution in [2.45, 2.75) is 45.1 Å². The van der Waals surface area contributed by atoms with Crippen LogP contribution < -0.4 is 10.6 Å². The van der Waals surface area contributed by atoms with Gasteiger partial charge >= 0.3 is 0 Å². The first-order chi connectivity index (χ1) is 29.7. The highest BCUT2D eigenvalue weighted by atomic mass is 35.5. The summed E-state index contributed by atoms with van der Waals surface area (Å²) in [7, 11) is 1.57. The van der Waals surface area contributed by atoms with E-state index in [-0.39, 0.29) is 62.9 Å². The Morgan fingerprint density at radius 2 is 1.11 bits per heavy atom. The average molecular weight is 927 g/mol. The van der Waals surface area contributed by atoms with Gasteiger partial charge in [-0.15, -0.1) is 0 Å². The second-order valence-corrected chi connectivity index (χ2v) is 14.7. The summed E-state index contributed by atoms with van der Waals surface area (Å²) in [6.45, 7) is 19.2. The topological polar surface area (TPSA) is 152 Å². The zero-order valence-corrected chi connectivity index (χ0v) is 37.5. The molecule has 0 heterocycles. The normalized spacial score (nSPS) is 12.0. The molecule has 1 atom stereocenters. The van der Waals surface area contributed by atoms with Crippen molar-refractivity contribution in [3.63, 3.8) is 0 Å². The second kappa shape index (κ2) is 36.0. The Morgan fingerprint density at radius 3 is 1.56 bits per heavy atom. The van der Waals surface area contributed by atoms with E-state index in [0.717, 1.165) is 11.6 Å². The SMILES string of the molecule is C=C(Cl)C=C(CCC(=O)NCCOCCOCCOCCOCCOCCOCCOCCOCCC(=O)NC(CC(=O)N(C)CC(=C)C)Cc1cc(F)c(F)cc1F)C(=C)Cl. The van der Waals surface area contributed by atoms with Crippen molar-refractivity contribution in [1.82, 2.24) is 15.5 Å². The standard InChI is InChI=1S/C43H64Cl2F3N3O11/c1-32(2)31-51(5)43(54)29-37(27-36-28-39(47)40(48)30-38(36)46)50-42(53)8-10-55-12-14-57-16-18-59-20-22-61-24-25-62-23-21-60-19-17-58-15-13-56-11-9-49-41(52)7-6-35(34(4)45)26-33(3)44/h26,28,30,37H,1,3-4,6-25,27,29,31H2,2,5H3,(H,49,52)(H,50,53). The number of halogens is 5. The molecule has 1 unspecified atom stereocenters. The van der Waals surface area contributed by atoms with Gasteiger partial charge in [0.1, 0.15) is 5.82 Å². The lowest BCUT2D eigenvalue weighted by atomic mass is 10.0. The molecule has 1 aromatic rings. The number of benzene rings is 1. The number of carbonyl (C=O) groups is 3. The van der Waals surface area contributed by atoms with Gasteiger partial charge < -0.3 is 53.4 Å². The number of carbonyl (C=O) groups excluding carboxylic acids is 3. The highest BCUT2D eigenvalue weighted by Crippen LogP contribution is 2.21. The molecule has 0 saturated carbocycles. The van der Waals surface area contributed by atoms with E-state index in [1.807, 2.05) is 0 Å². The number of rotatable bonds is 39. The Balaban J connectivity index is 1.96. The van der Waals surface area contributed by atoms with Crippen molar-refractivity contribution >= 4 is 40.9 Å². The summed E-state index contributed by atoms with van der Waals surface area (Å²) in [6, 6.07) is 0.293. The minimum atomic E-state index is -1.33. The quantitative estimate of drug-likeness (QED) is 0.0378. The molecule has 1 aromatic carbocycles. The van der Waals surface area contributed by atoms with Crippen LogP contribution in [0.15, 0.2) is 59.2 Å². The van der Waals surface area contributed by atoms with Crippen molar-refractivity contribution in [3.8, 4) is 0 Å². The molecule has 19 heteroatoms. The lowest BCUT2D eigenvalue weighted by molar-refractivity contribution is -0.130. The Bertz CT molecular complexity index is 1540. The molecule has 62 heavy (non-hydrogen) atoms. The van der Waals surface area contributed by atoms with Crippen LogP contribution in [0.2, 0.25) is 0 Å². The molecule has 0 bridgehead atoms. The maximum atomic E-state index is 14.3. The van der Waals surface area contributed by atoms with Crippen LogP contribution in [0.4, 0.5) is 13.2 Å². The smallest absolute Gasteiger partial charge is 0.224 e. The molecule has 0 radical (unpaired) electrons. The summed E-state index contributed by atoms with van der Waals surface area (Å²) >= 11 is 11.7. The zero-order valence-electron chi connectivity index (χ0n) is 36.0. The van der Waals surface area contributed by atoms with Crippen LogP contribution in [0.3, 0.4) is 0 Å². The Hall–Kier alpha value is -3.36. The highest BCUT2D eigenvalue weighted by Gasteiger charge is 2.22. The van der Waals surface area contributed by atoms with E-state index in [0.29, 0.717) is 127 Å². The zero-order chi connectivity index (χ0) is 46.0. The van der Waals surface area contributed by atoms with E-state index >= 15 is 0 Å². The molecule has 0 aromatic heterocycles. The number of likely N-dealkylation sites (N-methyl/N-ethyl adjacent to an activating group) is 1. The summed E-state index contributed by atoms with van der Waals surface area (Å²) in [4.78, 5) is 38.7. The van der Waals surface area contributed by atoms with Gasteiger partial charge in [0, 0.05) is 61.6 Å². The molecule has 0 saturated heterocycles. The van der Waals surface area contributed by atoms with Crippen molar-refractivity contribution in [2.75, 3.05) is 126 Å². The van der Waals surface area contributed by atoms with Gasteiger partial charge in [-0.3, -0.25) is 14.4 Å². The summed E-state index contributed by atoms with van der Waals surface area (Å²) in [5.74, 6) is -4.45. The fourth-order valence-corrected chi connectivity index (χ4v) is 5.48. The Labute approximate surface area is 374 Å². The summed E-state index contributed by atoms with van der Waals surface area (Å²) in [6.07, 6.45) is 1.79. The van der Waals surface area contributed by atoms with E-state index in [1.165, 1.54) is 4.90 Å². The Kier molecular flexibility index (Phi) is 32.9. The van der Waals surface area contributed by atoms with E-state index in [2.05, 4.69) is 30.4 Å². The minimum absolute atomic E-state index is 0.0438. The molecule has 352 valence electrons. The molecule has 0 fully saturated rings. The molecule has 2 N–H and O–H groups in total. The predicted molar refractivity (Wildman–Crippen MR) is 231 cm³/mol. The van der Waals surface area contributed by atoms with Crippen LogP contribution >= 0.6 is 23.2 Å². The van der Waals surface area contributed by atoms with E-state index in [1.54, 1.807) is 20.0 Å². The number of allylic oxidation sites excluding steroid dienone is 4. The van der Waals surface area contributed by atoms with Crippen LogP contribution in [-0.4, -0.2) is 155 Å². The van der Waals surface area contributed by atoms with Gasteiger partial charge in [-0.05, 0) is 43.0 Å². The van der Waals surface area contributed by atoms with Gasteiger partial charge in [0.25, 0.3) is 0 Å². The van der Waals surface area contributed by atoms with Crippen molar-refractivity contribution in [2.24, 2.45) is 0 Å². The lowest BCUT2D eigenvalue weighted by Gasteiger charge is -2.23. The molecule has 0 spiro atoms. The largest absolute Gasteiger partial charge is 0.379 e. The van der Waals surface area contributed by atoms with Crippen molar-refractivity contribution in [3.05, 3.63) is 82.2 Å². The molecule has 14 nitrogen and oxygen atoms in total. The summed E-state index contributed by atoms with van der Waals surface area (Å²) in [5.41, 5.74) is 1.25. The molecular weight excluding hydrogens is 862 g/mol. The second-order valence-electron chi connectivity index (χ2n) is 13.8. The first-order valence-corrected chi connectivity index (χ1v) is 21.0. The lowest BCUT2D eigenvalue weighted by Crippen LogP contribution is -2.41. The molecule has 3 amide bonds. The third-order valence-electron chi connectivity index (χ3n) is 8.22. The number of amides is 3. The molecule has 0 aliphatic rings. The van der Waals surface area contributed by atoms with Gasteiger partial charge in [0.05, 0.1) is 106 Å². The van der Waals surface area contributed by atoms with Crippen LogP contribution in [0.1, 0.15) is 38.2 Å². The average Bonchev–Trinajstić information content (AvgIpc) is 3.20. The Morgan fingerprint density at radius 1 is 0.661 bits per heavy atom. The fraction of sp³-hybridized carbons (Fsp3) is 0.605. The fourth-order valence-electron chi connectivity index (χ4n) is 5.20. The van der Waals surface area contributed by atoms with Crippen LogP contribution in [0.5, 0.6) is 0 Å². The van der Waals surface area contributed by atoms with Gasteiger partial charge in [-0.2, -0.15) is 0 Å². The maximum Gasteiger partial charge on any atom is 0.224 e. The van der Waals surface area contributed by atoms with E-state index < -0.39 is 29.4 Å².